The minimum atomic E-state index is 0.605. The van der Waals surface area contributed by atoms with E-state index in [4.69, 9.17) is 0 Å². The monoisotopic (exact) mass is 176 g/mol. The van der Waals surface area contributed by atoms with Crippen molar-refractivity contribution in [1.82, 2.24) is 9.88 Å². The molecule has 0 bridgehead atoms. The fraction of sp³-hybridized carbons (Fsp3) is 0.300. The molecule has 1 aromatic heterocycles. The van der Waals surface area contributed by atoms with Gasteiger partial charge in [-0.2, -0.15) is 0 Å². The third-order valence-electron chi connectivity index (χ3n) is 1.63. The fourth-order valence-electron chi connectivity index (χ4n) is 1.05. The highest BCUT2D eigenvalue weighted by atomic mass is 16.1. The van der Waals surface area contributed by atoms with Gasteiger partial charge in [-0.05, 0) is 31.8 Å². The molecule has 13 heavy (non-hydrogen) atoms. The Kier molecular flexibility index (Phi) is 3.38. The van der Waals surface area contributed by atoms with Gasteiger partial charge in [0.05, 0.1) is 5.57 Å². The molecular formula is C10H12N2O. The van der Waals surface area contributed by atoms with Crippen LogP contribution in [0.1, 0.15) is 5.56 Å². The lowest BCUT2D eigenvalue weighted by atomic mass is 10.1. The highest BCUT2D eigenvalue weighted by molar-refractivity contribution is 5.88. The molecule has 3 heteroatoms. The van der Waals surface area contributed by atoms with Gasteiger partial charge in [0.25, 0.3) is 0 Å². The summed E-state index contributed by atoms with van der Waals surface area (Å²) in [6, 6.07) is 3.62. The molecule has 68 valence electrons. The van der Waals surface area contributed by atoms with Gasteiger partial charge in [-0.25, -0.2) is 4.79 Å². The van der Waals surface area contributed by atoms with Gasteiger partial charge in [0.15, 0.2) is 0 Å². The van der Waals surface area contributed by atoms with Crippen LogP contribution in [0, 0.1) is 0 Å². The molecule has 0 atom stereocenters. The maximum Gasteiger partial charge on any atom is 0.129 e. The van der Waals surface area contributed by atoms with Crippen LogP contribution in [0.3, 0.4) is 0 Å². The van der Waals surface area contributed by atoms with Gasteiger partial charge < -0.3 is 4.90 Å². The molecule has 0 spiro atoms. The minimum absolute atomic E-state index is 0.605. The molecule has 0 radical (unpaired) electrons. The summed E-state index contributed by atoms with van der Waals surface area (Å²) in [5.41, 5.74) is 1.55. The second-order valence-corrected chi connectivity index (χ2v) is 3.05. The van der Waals surface area contributed by atoms with E-state index in [1.807, 2.05) is 37.1 Å². The zero-order valence-electron chi connectivity index (χ0n) is 7.82. The van der Waals surface area contributed by atoms with E-state index in [9.17, 15) is 4.79 Å². The first-order chi connectivity index (χ1) is 6.24. The van der Waals surface area contributed by atoms with E-state index in [1.54, 1.807) is 12.4 Å². The first kappa shape index (κ1) is 9.65. The van der Waals surface area contributed by atoms with Gasteiger partial charge in [-0.1, -0.05) is 0 Å². The van der Waals surface area contributed by atoms with Crippen LogP contribution in [0.2, 0.25) is 0 Å². The highest BCUT2D eigenvalue weighted by Crippen LogP contribution is 2.09. The van der Waals surface area contributed by atoms with E-state index in [1.165, 1.54) is 0 Å². The van der Waals surface area contributed by atoms with Gasteiger partial charge in [0.1, 0.15) is 5.94 Å². The molecule has 0 amide bonds. The lowest BCUT2D eigenvalue weighted by Crippen LogP contribution is -2.14. The van der Waals surface area contributed by atoms with E-state index >= 15 is 0 Å². The molecule has 0 aliphatic carbocycles. The van der Waals surface area contributed by atoms with Crippen LogP contribution in [0.5, 0.6) is 0 Å². The van der Waals surface area contributed by atoms with Crippen molar-refractivity contribution in [1.29, 1.82) is 0 Å². The van der Waals surface area contributed by atoms with Crippen molar-refractivity contribution in [2.45, 2.75) is 0 Å². The number of pyridine rings is 1. The zero-order chi connectivity index (χ0) is 9.68. The van der Waals surface area contributed by atoms with Crippen molar-refractivity contribution in [3.63, 3.8) is 0 Å². The molecule has 0 aromatic carbocycles. The Morgan fingerprint density at radius 1 is 1.46 bits per heavy atom. The van der Waals surface area contributed by atoms with Crippen LogP contribution in [-0.4, -0.2) is 36.5 Å². The Bertz CT molecular complexity index is 313. The second kappa shape index (κ2) is 4.55. The smallest absolute Gasteiger partial charge is 0.129 e. The predicted octanol–water partition coefficient (Wildman–Crippen LogP) is 0.858. The number of nitrogens with zero attached hydrogens (tertiary/aromatic N) is 2. The summed E-state index contributed by atoms with van der Waals surface area (Å²) in [4.78, 5) is 16.4. The van der Waals surface area contributed by atoms with Crippen LogP contribution in [0.25, 0.3) is 5.57 Å². The van der Waals surface area contributed by atoms with E-state index in [0.29, 0.717) is 12.1 Å². The molecule has 0 fully saturated rings. The molecule has 1 aromatic rings. The standard InChI is InChI=1S/C10H12N2O/c1-12(2)7-10(8-13)9-3-5-11-6-4-9/h3-6H,7H2,1-2H3. The van der Waals surface area contributed by atoms with Crippen LogP contribution in [0.4, 0.5) is 0 Å². The van der Waals surface area contributed by atoms with Crippen molar-refractivity contribution >= 4 is 11.5 Å². The third kappa shape index (κ3) is 2.82. The molecule has 1 rings (SSSR count). The number of likely N-dealkylation sites (N-methyl/N-ethyl adjacent to an activating group) is 1. The highest BCUT2D eigenvalue weighted by Gasteiger charge is 2.02. The molecule has 3 nitrogen and oxygen atoms in total. The number of aromatic nitrogens is 1. The number of hydrogen-bond donors (Lipinski definition) is 0. The summed E-state index contributed by atoms with van der Waals surface area (Å²) in [7, 11) is 3.83. The Hall–Kier alpha value is -1.44. The maximum atomic E-state index is 10.6. The molecular weight excluding hydrogens is 164 g/mol. The van der Waals surface area contributed by atoms with Crippen LogP contribution < -0.4 is 0 Å². The summed E-state index contributed by atoms with van der Waals surface area (Å²) >= 11 is 0. The fourth-order valence-corrected chi connectivity index (χ4v) is 1.05. The summed E-state index contributed by atoms with van der Waals surface area (Å²) in [6.07, 6.45) is 3.34. The minimum Gasteiger partial charge on any atom is -0.304 e. The Morgan fingerprint density at radius 2 is 2.08 bits per heavy atom. The quantitative estimate of drug-likeness (QED) is 0.640. The SMILES string of the molecule is CN(C)CC(=C=O)c1ccncc1. The first-order valence-corrected chi connectivity index (χ1v) is 4.03. The third-order valence-corrected chi connectivity index (χ3v) is 1.63. The maximum absolute atomic E-state index is 10.6. The summed E-state index contributed by atoms with van der Waals surface area (Å²) < 4.78 is 0. The normalized spacial score (nSPS) is 9.77. The number of rotatable bonds is 3. The molecule has 0 unspecified atom stereocenters. The van der Waals surface area contributed by atoms with Crippen molar-refractivity contribution in [2.24, 2.45) is 0 Å². The zero-order valence-corrected chi connectivity index (χ0v) is 7.82. The lowest BCUT2D eigenvalue weighted by Gasteiger charge is -2.09. The molecule has 0 saturated carbocycles. The number of carbonyl (C=O) groups excluding carboxylic acids is 1. The van der Waals surface area contributed by atoms with E-state index in [0.717, 1.165) is 5.56 Å². The average Bonchev–Trinajstić information content (AvgIpc) is 2.15. The van der Waals surface area contributed by atoms with Crippen molar-refractivity contribution < 1.29 is 4.79 Å². The second-order valence-electron chi connectivity index (χ2n) is 3.05. The topological polar surface area (TPSA) is 33.2 Å². The molecule has 0 saturated heterocycles. The molecule has 1 heterocycles. The first-order valence-electron chi connectivity index (χ1n) is 4.03. The van der Waals surface area contributed by atoms with Gasteiger partial charge in [-0.3, -0.25) is 4.98 Å². The molecule has 0 N–H and O–H groups in total. The largest absolute Gasteiger partial charge is 0.304 e. The average molecular weight is 176 g/mol. The lowest BCUT2D eigenvalue weighted by molar-refractivity contribution is 0.462. The van der Waals surface area contributed by atoms with Gasteiger partial charge >= 0.3 is 0 Å². The summed E-state index contributed by atoms with van der Waals surface area (Å²) in [5, 5.41) is 0. The van der Waals surface area contributed by atoms with Crippen LogP contribution >= 0.6 is 0 Å². The molecule has 0 aliphatic heterocycles. The van der Waals surface area contributed by atoms with Crippen LogP contribution in [0.15, 0.2) is 24.5 Å². The predicted molar refractivity (Wildman–Crippen MR) is 51.9 cm³/mol. The van der Waals surface area contributed by atoms with Crippen molar-refractivity contribution in [2.75, 3.05) is 20.6 Å². The Labute approximate surface area is 77.7 Å². The summed E-state index contributed by atoms with van der Waals surface area (Å²) in [6.45, 7) is 0.605. The van der Waals surface area contributed by atoms with Gasteiger partial charge in [0, 0.05) is 18.9 Å². The van der Waals surface area contributed by atoms with Gasteiger partial charge in [-0.15, -0.1) is 0 Å². The van der Waals surface area contributed by atoms with Crippen molar-refractivity contribution in [3.05, 3.63) is 30.1 Å². The van der Waals surface area contributed by atoms with E-state index in [-0.39, 0.29) is 0 Å². The van der Waals surface area contributed by atoms with Gasteiger partial charge in [0.2, 0.25) is 0 Å². The van der Waals surface area contributed by atoms with Crippen molar-refractivity contribution in [3.8, 4) is 0 Å². The molecule has 0 aliphatic rings. The Morgan fingerprint density at radius 3 is 2.54 bits per heavy atom. The van der Waals surface area contributed by atoms with E-state index < -0.39 is 0 Å². The summed E-state index contributed by atoms with van der Waals surface area (Å²) in [5.74, 6) is 1.95. The van der Waals surface area contributed by atoms with Crippen LogP contribution in [-0.2, 0) is 4.79 Å². The van der Waals surface area contributed by atoms with E-state index in [2.05, 4.69) is 4.98 Å². The number of hydrogen-bond acceptors (Lipinski definition) is 3. The Balaban J connectivity index is 2.87.